The Labute approximate surface area is 151 Å². The summed E-state index contributed by atoms with van der Waals surface area (Å²) in [6.45, 7) is 6.94. The molecule has 128 valence electrons. The smallest absolute Gasteiger partial charge is 0.0237 e. The van der Waals surface area contributed by atoms with Crippen LogP contribution in [0.15, 0.2) is 71.8 Å². The lowest BCUT2D eigenvalue weighted by Crippen LogP contribution is -2.27. The molecule has 0 aliphatic carbocycles. The molecule has 0 saturated carbocycles. The molecule has 3 heteroatoms. The van der Waals surface area contributed by atoms with Crippen molar-refractivity contribution < 1.29 is 0 Å². The van der Waals surface area contributed by atoms with Gasteiger partial charge in [0.25, 0.3) is 0 Å². The van der Waals surface area contributed by atoms with Gasteiger partial charge in [-0.15, -0.1) is 0 Å². The van der Waals surface area contributed by atoms with Gasteiger partial charge in [0, 0.05) is 31.7 Å². The highest BCUT2D eigenvalue weighted by molar-refractivity contribution is 6.25. The molecule has 0 spiro atoms. The third kappa shape index (κ3) is 7.31. The maximum atomic E-state index is 5.69. The van der Waals surface area contributed by atoms with Gasteiger partial charge in [-0.1, -0.05) is 72.3 Å². The van der Waals surface area contributed by atoms with Gasteiger partial charge in [0.1, 0.15) is 0 Å². The van der Waals surface area contributed by atoms with Crippen LogP contribution in [0.5, 0.6) is 0 Å². The fraction of sp³-hybridized carbons (Fsp3) is 0.333. The van der Waals surface area contributed by atoms with Gasteiger partial charge in [0.05, 0.1) is 0 Å². The van der Waals surface area contributed by atoms with Crippen molar-refractivity contribution in [2.75, 3.05) is 19.6 Å². The molecule has 0 aliphatic rings. The summed E-state index contributed by atoms with van der Waals surface area (Å²) in [7, 11) is 0. The normalized spacial score (nSPS) is 11.9. The fourth-order valence-corrected chi connectivity index (χ4v) is 2.73. The lowest BCUT2D eigenvalue weighted by Gasteiger charge is -2.23. The van der Waals surface area contributed by atoms with Crippen molar-refractivity contribution in [2.24, 2.45) is 0 Å². The van der Waals surface area contributed by atoms with Crippen LogP contribution in [0.2, 0.25) is 0 Å². The molecule has 0 aromatic heterocycles. The highest BCUT2D eigenvalue weighted by Crippen LogP contribution is 2.10. The quantitative estimate of drug-likeness (QED) is 0.623. The Morgan fingerprint density at radius 2 is 1.50 bits per heavy atom. The van der Waals surface area contributed by atoms with E-state index in [1.807, 2.05) is 6.92 Å². The summed E-state index contributed by atoms with van der Waals surface area (Å²) in [4.78, 5) is 2.51. The Morgan fingerprint density at radius 1 is 0.958 bits per heavy atom. The molecular weight excluding hydrogens is 316 g/mol. The second kappa shape index (κ2) is 11.0. The zero-order valence-electron chi connectivity index (χ0n) is 14.4. The minimum atomic E-state index is 0.862. The Morgan fingerprint density at radius 3 is 2.00 bits per heavy atom. The molecule has 2 nitrogen and oxygen atoms in total. The third-order valence-electron chi connectivity index (χ3n) is 3.92. The summed E-state index contributed by atoms with van der Waals surface area (Å²) in [6, 6.07) is 21.4. The number of nitrogens with one attached hydrogen (secondary N) is 1. The van der Waals surface area contributed by atoms with Crippen molar-refractivity contribution in [1.82, 2.24) is 10.2 Å². The first-order valence-corrected chi connectivity index (χ1v) is 8.98. The Kier molecular flexibility index (Phi) is 8.61. The van der Waals surface area contributed by atoms with Crippen LogP contribution in [0.1, 0.15) is 24.5 Å². The molecule has 0 aliphatic heterocycles. The van der Waals surface area contributed by atoms with Gasteiger partial charge < -0.3 is 5.32 Å². The summed E-state index contributed by atoms with van der Waals surface area (Å²) in [5.74, 6) is 0. The molecule has 24 heavy (non-hydrogen) atoms. The first-order valence-electron chi connectivity index (χ1n) is 8.54. The van der Waals surface area contributed by atoms with E-state index in [1.54, 1.807) is 5.54 Å². The monoisotopic (exact) mass is 342 g/mol. The van der Waals surface area contributed by atoms with Gasteiger partial charge in [0.2, 0.25) is 0 Å². The standard InChI is InChI=1S/C21H27ClN2/c1-19(15-22)16-23-13-8-14-24(17-20-9-4-2-5-10-20)18-21-11-6-3-7-12-21/h2-7,9-12,15,23H,8,13-14,16-18H2,1H3/b19-15-. The van der Waals surface area contributed by atoms with Gasteiger partial charge in [0.15, 0.2) is 0 Å². The summed E-state index contributed by atoms with van der Waals surface area (Å²) in [5.41, 5.74) is 5.54. The van der Waals surface area contributed by atoms with Gasteiger partial charge in [-0.05, 0) is 36.6 Å². The molecule has 0 bridgehead atoms. The van der Waals surface area contributed by atoms with Crippen LogP contribution in [0.3, 0.4) is 0 Å². The van der Waals surface area contributed by atoms with E-state index in [0.717, 1.165) is 39.1 Å². The lowest BCUT2D eigenvalue weighted by molar-refractivity contribution is 0.252. The average Bonchev–Trinajstić information content (AvgIpc) is 2.62. The zero-order chi connectivity index (χ0) is 17.0. The molecule has 1 N–H and O–H groups in total. The highest BCUT2D eigenvalue weighted by Gasteiger charge is 2.07. The summed E-state index contributed by atoms with van der Waals surface area (Å²) in [6.07, 6.45) is 1.12. The van der Waals surface area contributed by atoms with Crippen molar-refractivity contribution >= 4 is 11.6 Å². The molecular formula is C21H27ClN2. The van der Waals surface area contributed by atoms with Crippen LogP contribution in [0.4, 0.5) is 0 Å². The summed E-state index contributed by atoms with van der Waals surface area (Å²) >= 11 is 5.69. The van der Waals surface area contributed by atoms with Crippen LogP contribution in [-0.4, -0.2) is 24.5 Å². The Bertz CT molecular complexity index is 554. The minimum absolute atomic E-state index is 0.862. The predicted molar refractivity (Wildman–Crippen MR) is 104 cm³/mol. The number of hydrogen-bond acceptors (Lipinski definition) is 2. The molecule has 0 radical (unpaired) electrons. The Hall–Kier alpha value is -1.61. The summed E-state index contributed by atoms with van der Waals surface area (Å²) in [5, 5.41) is 3.44. The number of nitrogens with zero attached hydrogens (tertiary/aromatic N) is 1. The predicted octanol–water partition coefficient (Wildman–Crippen LogP) is 4.81. The number of halogens is 1. The van der Waals surface area contributed by atoms with Gasteiger partial charge in [-0.3, -0.25) is 4.90 Å². The van der Waals surface area contributed by atoms with E-state index in [9.17, 15) is 0 Å². The summed E-state index contributed by atoms with van der Waals surface area (Å²) < 4.78 is 0. The van der Waals surface area contributed by atoms with E-state index in [-0.39, 0.29) is 0 Å². The lowest BCUT2D eigenvalue weighted by atomic mass is 10.1. The molecule has 2 aromatic carbocycles. The fourth-order valence-electron chi connectivity index (χ4n) is 2.65. The maximum Gasteiger partial charge on any atom is 0.0237 e. The minimum Gasteiger partial charge on any atom is -0.313 e. The molecule has 2 rings (SSSR count). The van der Waals surface area contributed by atoms with Crippen molar-refractivity contribution in [3.05, 3.63) is 82.9 Å². The van der Waals surface area contributed by atoms with E-state index in [0.29, 0.717) is 0 Å². The molecule has 0 saturated heterocycles. The molecule has 0 atom stereocenters. The first-order chi connectivity index (χ1) is 11.8. The van der Waals surface area contributed by atoms with Crippen LogP contribution >= 0.6 is 11.6 Å². The largest absolute Gasteiger partial charge is 0.313 e. The van der Waals surface area contributed by atoms with Crippen LogP contribution < -0.4 is 5.32 Å². The van der Waals surface area contributed by atoms with E-state index in [1.165, 1.54) is 16.7 Å². The van der Waals surface area contributed by atoms with Gasteiger partial charge in [-0.2, -0.15) is 0 Å². The van der Waals surface area contributed by atoms with Crippen molar-refractivity contribution in [1.29, 1.82) is 0 Å². The highest BCUT2D eigenvalue weighted by atomic mass is 35.5. The van der Waals surface area contributed by atoms with E-state index in [2.05, 4.69) is 70.9 Å². The molecule has 0 fully saturated rings. The van der Waals surface area contributed by atoms with Gasteiger partial charge in [-0.25, -0.2) is 0 Å². The third-order valence-corrected chi connectivity index (χ3v) is 4.29. The van der Waals surface area contributed by atoms with E-state index < -0.39 is 0 Å². The van der Waals surface area contributed by atoms with Gasteiger partial charge >= 0.3 is 0 Å². The average molecular weight is 343 g/mol. The second-order valence-corrected chi connectivity index (χ2v) is 6.39. The number of rotatable bonds is 10. The molecule has 0 amide bonds. The van der Waals surface area contributed by atoms with Crippen LogP contribution in [0.25, 0.3) is 0 Å². The zero-order valence-corrected chi connectivity index (χ0v) is 15.2. The van der Waals surface area contributed by atoms with Crippen molar-refractivity contribution in [3.8, 4) is 0 Å². The van der Waals surface area contributed by atoms with E-state index >= 15 is 0 Å². The van der Waals surface area contributed by atoms with E-state index in [4.69, 9.17) is 11.6 Å². The van der Waals surface area contributed by atoms with Crippen LogP contribution in [0, 0.1) is 0 Å². The number of hydrogen-bond donors (Lipinski definition) is 1. The van der Waals surface area contributed by atoms with Crippen molar-refractivity contribution in [3.63, 3.8) is 0 Å². The topological polar surface area (TPSA) is 15.3 Å². The van der Waals surface area contributed by atoms with Crippen molar-refractivity contribution in [2.45, 2.75) is 26.4 Å². The van der Waals surface area contributed by atoms with Crippen LogP contribution in [-0.2, 0) is 13.1 Å². The second-order valence-electron chi connectivity index (χ2n) is 6.17. The number of benzene rings is 2. The maximum absolute atomic E-state index is 5.69. The first kappa shape index (κ1) is 18.7. The Balaban J connectivity index is 1.85. The SMILES string of the molecule is C/C(=C/Cl)CNCCCN(Cc1ccccc1)Cc1ccccc1. The molecule has 2 aromatic rings. The molecule has 0 unspecified atom stereocenters. The molecule has 0 heterocycles.